The van der Waals surface area contributed by atoms with Gasteiger partial charge in [0.2, 0.25) is 17.7 Å². The Morgan fingerprint density at radius 2 is 1.93 bits per heavy atom. The molecule has 150 valence electrons. The molecule has 0 bridgehead atoms. The number of nitrogens with two attached hydrogens (primary N) is 1. The molecule has 0 radical (unpaired) electrons. The maximum atomic E-state index is 12.2. The van der Waals surface area contributed by atoms with Crippen molar-refractivity contribution in [2.75, 3.05) is 18.9 Å². The van der Waals surface area contributed by atoms with Gasteiger partial charge in [0, 0.05) is 24.1 Å². The predicted octanol–water partition coefficient (Wildman–Crippen LogP) is -3.63. The van der Waals surface area contributed by atoms with Crippen LogP contribution < -0.4 is 21.7 Å². The average molecular weight is 402 g/mol. The van der Waals surface area contributed by atoms with Crippen LogP contribution in [0.3, 0.4) is 0 Å². The first-order valence-electron chi connectivity index (χ1n) is 7.83. The molecule has 13 heteroatoms. The highest BCUT2D eigenvalue weighted by molar-refractivity contribution is 7.80. The number of aromatic nitrogens is 2. The highest BCUT2D eigenvalue weighted by Crippen LogP contribution is 2.00. The number of aliphatic hydroxyl groups is 1. The Morgan fingerprint density at radius 1 is 1.22 bits per heavy atom. The fourth-order valence-electron chi connectivity index (χ4n) is 1.91. The SMILES string of the molecule is NC(CO)C(=O)NCC(=O)NC(CS)C(=O)NC(Cc1cnc[nH]1)C(=O)O. The third kappa shape index (κ3) is 7.64. The third-order valence-electron chi connectivity index (χ3n) is 3.38. The molecule has 0 fully saturated rings. The molecule has 8 N–H and O–H groups in total. The summed E-state index contributed by atoms with van der Waals surface area (Å²) in [5.41, 5.74) is 5.80. The van der Waals surface area contributed by atoms with E-state index < -0.39 is 55.0 Å². The molecule has 12 nitrogen and oxygen atoms in total. The van der Waals surface area contributed by atoms with Gasteiger partial charge in [-0.05, 0) is 0 Å². The second-order valence-corrected chi connectivity index (χ2v) is 5.86. The largest absolute Gasteiger partial charge is 0.480 e. The summed E-state index contributed by atoms with van der Waals surface area (Å²) in [4.78, 5) is 53.3. The Labute approximate surface area is 159 Å². The second kappa shape index (κ2) is 11.2. The molecule has 3 unspecified atom stereocenters. The average Bonchev–Trinajstić information content (AvgIpc) is 3.15. The van der Waals surface area contributed by atoms with Crippen LogP contribution in [0.2, 0.25) is 0 Å². The molecule has 3 atom stereocenters. The zero-order valence-corrected chi connectivity index (χ0v) is 15.1. The first-order valence-corrected chi connectivity index (χ1v) is 8.46. The minimum absolute atomic E-state index is 0.0244. The molecule has 1 aromatic heterocycles. The van der Waals surface area contributed by atoms with E-state index in [-0.39, 0.29) is 12.2 Å². The maximum Gasteiger partial charge on any atom is 0.326 e. The van der Waals surface area contributed by atoms with Gasteiger partial charge in [0.15, 0.2) is 0 Å². The van der Waals surface area contributed by atoms with Gasteiger partial charge in [-0.25, -0.2) is 9.78 Å². The van der Waals surface area contributed by atoms with E-state index in [9.17, 15) is 24.3 Å². The number of amides is 3. The van der Waals surface area contributed by atoms with Gasteiger partial charge in [-0.3, -0.25) is 14.4 Å². The van der Waals surface area contributed by atoms with Crippen molar-refractivity contribution in [1.82, 2.24) is 25.9 Å². The lowest BCUT2D eigenvalue weighted by molar-refractivity contribution is -0.142. The highest BCUT2D eigenvalue weighted by Gasteiger charge is 2.26. The number of nitrogens with zero attached hydrogens (tertiary/aromatic N) is 1. The number of aliphatic carboxylic acids is 1. The van der Waals surface area contributed by atoms with Gasteiger partial charge in [0.05, 0.1) is 19.5 Å². The van der Waals surface area contributed by atoms with Crippen molar-refractivity contribution in [3.8, 4) is 0 Å². The Bertz CT molecular complexity index is 655. The Kier molecular flexibility index (Phi) is 9.25. The molecule has 1 rings (SSSR count). The Balaban J connectivity index is 2.57. The monoisotopic (exact) mass is 402 g/mol. The van der Waals surface area contributed by atoms with Crippen LogP contribution in [0.4, 0.5) is 0 Å². The molecular weight excluding hydrogens is 380 g/mol. The van der Waals surface area contributed by atoms with Gasteiger partial charge in [-0.15, -0.1) is 0 Å². The standard InChI is InChI=1S/C14H22N6O6S/c15-8(4-21)12(23)17-3-11(22)19-10(5-27)13(24)20-9(14(25)26)1-7-2-16-6-18-7/h2,6,8-10,21,27H,1,3-5,15H2,(H,16,18)(H,17,23)(H,19,22)(H,20,24)(H,25,26). The number of H-pyrrole nitrogens is 1. The number of aliphatic hydroxyl groups excluding tert-OH is 1. The summed E-state index contributed by atoms with van der Waals surface area (Å²) < 4.78 is 0. The van der Waals surface area contributed by atoms with Crippen molar-refractivity contribution in [1.29, 1.82) is 0 Å². The number of aromatic amines is 1. The van der Waals surface area contributed by atoms with E-state index in [0.717, 1.165) is 0 Å². The molecule has 0 spiro atoms. The minimum atomic E-state index is -1.26. The number of nitrogens with one attached hydrogen (secondary N) is 4. The highest BCUT2D eigenvalue weighted by atomic mass is 32.1. The number of carbonyl (C=O) groups is 4. The zero-order valence-electron chi connectivity index (χ0n) is 14.2. The molecule has 27 heavy (non-hydrogen) atoms. The summed E-state index contributed by atoms with van der Waals surface area (Å²) in [7, 11) is 0. The molecule has 0 aliphatic carbocycles. The van der Waals surface area contributed by atoms with Crippen LogP contribution in [-0.4, -0.2) is 80.9 Å². The van der Waals surface area contributed by atoms with Crippen LogP contribution in [0.15, 0.2) is 12.5 Å². The van der Waals surface area contributed by atoms with Crippen LogP contribution in [0.1, 0.15) is 5.69 Å². The molecule has 1 heterocycles. The Morgan fingerprint density at radius 3 is 2.44 bits per heavy atom. The van der Waals surface area contributed by atoms with Gasteiger partial charge >= 0.3 is 5.97 Å². The van der Waals surface area contributed by atoms with Crippen LogP contribution in [0.5, 0.6) is 0 Å². The van der Waals surface area contributed by atoms with E-state index in [2.05, 4.69) is 38.5 Å². The van der Waals surface area contributed by atoms with Gasteiger partial charge in [0.1, 0.15) is 18.1 Å². The van der Waals surface area contributed by atoms with Gasteiger partial charge in [0.25, 0.3) is 0 Å². The van der Waals surface area contributed by atoms with Gasteiger partial charge in [-0.2, -0.15) is 12.6 Å². The number of carboxylic acids is 1. The second-order valence-electron chi connectivity index (χ2n) is 5.49. The van der Waals surface area contributed by atoms with Crippen molar-refractivity contribution < 1.29 is 29.4 Å². The van der Waals surface area contributed by atoms with Crippen LogP contribution in [0, 0.1) is 0 Å². The topological polar surface area (TPSA) is 200 Å². The summed E-state index contributed by atoms with van der Waals surface area (Å²) in [6.45, 7) is -1.05. The number of thiol groups is 1. The summed E-state index contributed by atoms with van der Waals surface area (Å²) in [5.74, 6) is -3.54. The van der Waals surface area contributed by atoms with E-state index in [4.69, 9.17) is 10.8 Å². The lowest BCUT2D eigenvalue weighted by Gasteiger charge is -2.20. The number of imidazole rings is 1. The lowest BCUT2D eigenvalue weighted by atomic mass is 10.1. The zero-order chi connectivity index (χ0) is 20.4. The van der Waals surface area contributed by atoms with Crippen molar-refractivity contribution in [2.45, 2.75) is 24.5 Å². The van der Waals surface area contributed by atoms with E-state index in [1.807, 2.05) is 0 Å². The number of hydrogen-bond donors (Lipinski definition) is 8. The quantitative estimate of drug-likeness (QED) is 0.173. The summed E-state index contributed by atoms with van der Waals surface area (Å²) in [6, 6.07) is -3.52. The predicted molar refractivity (Wildman–Crippen MR) is 95.7 cm³/mol. The summed E-state index contributed by atoms with van der Waals surface area (Å²) >= 11 is 3.97. The Hall–Kier alpha value is -2.64. The fraction of sp³-hybridized carbons (Fsp3) is 0.500. The first-order chi connectivity index (χ1) is 12.8. The smallest absolute Gasteiger partial charge is 0.326 e. The fourth-order valence-corrected chi connectivity index (χ4v) is 2.17. The molecule has 0 aliphatic heterocycles. The van der Waals surface area contributed by atoms with E-state index in [1.165, 1.54) is 12.5 Å². The molecule has 3 amide bonds. The summed E-state index contributed by atoms with van der Waals surface area (Å²) in [5, 5.41) is 24.8. The van der Waals surface area contributed by atoms with E-state index >= 15 is 0 Å². The van der Waals surface area contributed by atoms with Crippen molar-refractivity contribution in [3.63, 3.8) is 0 Å². The summed E-state index contributed by atoms with van der Waals surface area (Å²) in [6.07, 6.45) is 2.78. The van der Waals surface area contributed by atoms with E-state index in [0.29, 0.717) is 5.69 Å². The van der Waals surface area contributed by atoms with Crippen LogP contribution in [-0.2, 0) is 25.6 Å². The molecule has 0 aromatic carbocycles. The maximum absolute atomic E-state index is 12.2. The van der Waals surface area contributed by atoms with Crippen molar-refractivity contribution in [2.24, 2.45) is 5.73 Å². The minimum Gasteiger partial charge on any atom is -0.480 e. The number of carbonyl (C=O) groups excluding carboxylic acids is 3. The molecule has 0 saturated carbocycles. The molecular formula is C14H22N6O6S. The van der Waals surface area contributed by atoms with Crippen LogP contribution in [0.25, 0.3) is 0 Å². The first kappa shape index (κ1) is 22.4. The number of carboxylic acid groups (broad SMARTS) is 1. The number of hydrogen-bond acceptors (Lipinski definition) is 8. The normalized spacial score (nSPS) is 13.9. The number of rotatable bonds is 11. The van der Waals surface area contributed by atoms with E-state index in [1.54, 1.807) is 0 Å². The lowest BCUT2D eigenvalue weighted by Crippen LogP contribution is -2.55. The van der Waals surface area contributed by atoms with Crippen molar-refractivity contribution >= 4 is 36.3 Å². The van der Waals surface area contributed by atoms with Gasteiger partial charge < -0.3 is 36.9 Å². The van der Waals surface area contributed by atoms with Crippen LogP contribution >= 0.6 is 12.6 Å². The molecule has 0 aliphatic rings. The third-order valence-corrected chi connectivity index (χ3v) is 3.75. The molecule has 1 aromatic rings. The van der Waals surface area contributed by atoms with Gasteiger partial charge in [-0.1, -0.05) is 0 Å². The molecule has 0 saturated heterocycles. The van der Waals surface area contributed by atoms with Crippen molar-refractivity contribution in [3.05, 3.63) is 18.2 Å².